The lowest BCUT2D eigenvalue weighted by molar-refractivity contribution is -0.119. The van der Waals surface area contributed by atoms with E-state index in [1.165, 1.54) is 33.6 Å². The molecule has 0 saturated carbocycles. The van der Waals surface area contributed by atoms with Gasteiger partial charge in [-0.25, -0.2) is 12.8 Å². The zero-order valence-corrected chi connectivity index (χ0v) is 19.9. The van der Waals surface area contributed by atoms with Crippen molar-refractivity contribution >= 4 is 38.9 Å². The minimum atomic E-state index is -3.56. The van der Waals surface area contributed by atoms with Gasteiger partial charge in [-0.15, -0.1) is 0 Å². The zero-order valence-electron chi connectivity index (χ0n) is 19.1. The summed E-state index contributed by atoms with van der Waals surface area (Å²) in [4.78, 5) is 27.4. The second-order valence-corrected chi connectivity index (χ2v) is 10.9. The number of primary amides is 1. The van der Waals surface area contributed by atoms with Crippen LogP contribution in [0.2, 0.25) is 0 Å². The molecule has 2 aromatic carbocycles. The normalized spacial score (nSPS) is 20.6. The Hall–Kier alpha value is -3.31. The summed E-state index contributed by atoms with van der Waals surface area (Å²) in [6.07, 6.45) is 3.06. The van der Waals surface area contributed by atoms with Crippen molar-refractivity contribution in [2.75, 3.05) is 29.5 Å². The van der Waals surface area contributed by atoms with Crippen LogP contribution in [-0.2, 0) is 26.0 Å². The predicted molar refractivity (Wildman–Crippen MR) is 129 cm³/mol. The number of anilines is 2. The number of hydrogen-bond donors (Lipinski definition) is 1. The molecule has 2 amide bonds. The molecule has 1 fully saturated rings. The number of sulfonamides is 1. The molecule has 1 saturated heterocycles. The maximum absolute atomic E-state index is 13.5. The van der Waals surface area contributed by atoms with Crippen molar-refractivity contribution in [3.05, 3.63) is 53.8 Å². The van der Waals surface area contributed by atoms with E-state index in [1.54, 1.807) is 23.1 Å². The van der Waals surface area contributed by atoms with E-state index in [9.17, 15) is 22.4 Å². The van der Waals surface area contributed by atoms with Gasteiger partial charge in [0.1, 0.15) is 17.6 Å². The number of fused-ring (bicyclic) bond motifs is 1. The SMILES string of the molecule is NC(=O)C1CC(C(=O)N2CCCc3cc(S(=O)(=O)N4CCCC4)ccc32)=NN1c1ccc(F)cc1. The van der Waals surface area contributed by atoms with Crippen molar-refractivity contribution in [1.29, 1.82) is 0 Å². The number of hydrazone groups is 1. The number of halogens is 1. The fourth-order valence-corrected chi connectivity index (χ4v) is 6.44. The minimum absolute atomic E-state index is 0.0266. The van der Waals surface area contributed by atoms with Gasteiger partial charge in [-0.3, -0.25) is 14.6 Å². The molecule has 0 spiro atoms. The van der Waals surface area contributed by atoms with E-state index in [0.29, 0.717) is 43.9 Å². The van der Waals surface area contributed by atoms with Gasteiger partial charge in [-0.05, 0) is 73.7 Å². The standard InChI is InChI=1S/C24H26FN5O4S/c25-17-5-7-18(8-6-17)30-22(23(26)31)15-20(27-30)24(32)29-13-3-4-16-14-19(9-10-21(16)29)35(33,34)28-11-1-2-12-28/h5-10,14,22H,1-4,11-13,15H2,(H2,26,31). The maximum atomic E-state index is 13.5. The number of carbonyl (C=O) groups is 2. The van der Waals surface area contributed by atoms with Gasteiger partial charge in [0.05, 0.1) is 10.6 Å². The van der Waals surface area contributed by atoms with Crippen molar-refractivity contribution in [1.82, 2.24) is 4.31 Å². The Morgan fingerprint density at radius 2 is 1.71 bits per heavy atom. The van der Waals surface area contributed by atoms with Gasteiger partial charge in [0.15, 0.2) is 0 Å². The van der Waals surface area contributed by atoms with Gasteiger partial charge in [-0.2, -0.15) is 9.41 Å². The summed E-state index contributed by atoms with van der Waals surface area (Å²) >= 11 is 0. The van der Waals surface area contributed by atoms with E-state index in [0.717, 1.165) is 18.4 Å². The smallest absolute Gasteiger partial charge is 0.274 e. The van der Waals surface area contributed by atoms with Crippen LogP contribution in [0.25, 0.3) is 0 Å². The molecule has 2 aromatic rings. The zero-order chi connectivity index (χ0) is 24.7. The van der Waals surface area contributed by atoms with Gasteiger partial charge in [0.2, 0.25) is 15.9 Å². The van der Waals surface area contributed by atoms with Crippen molar-refractivity contribution in [2.24, 2.45) is 10.8 Å². The second kappa shape index (κ2) is 9.04. The van der Waals surface area contributed by atoms with Crippen molar-refractivity contribution in [2.45, 2.75) is 43.0 Å². The van der Waals surface area contributed by atoms with E-state index >= 15 is 0 Å². The first-order chi connectivity index (χ1) is 16.8. The molecule has 0 bridgehead atoms. The summed E-state index contributed by atoms with van der Waals surface area (Å²) in [6, 6.07) is 9.46. The molecule has 9 nitrogen and oxygen atoms in total. The van der Waals surface area contributed by atoms with Crippen LogP contribution in [0, 0.1) is 5.82 Å². The van der Waals surface area contributed by atoms with Gasteiger partial charge in [0, 0.05) is 31.7 Å². The van der Waals surface area contributed by atoms with E-state index in [4.69, 9.17) is 5.73 Å². The Morgan fingerprint density at radius 3 is 2.40 bits per heavy atom. The van der Waals surface area contributed by atoms with Crippen molar-refractivity contribution in [3.63, 3.8) is 0 Å². The summed E-state index contributed by atoms with van der Waals surface area (Å²) in [7, 11) is -3.56. The Labute approximate surface area is 203 Å². The van der Waals surface area contributed by atoms with Crippen molar-refractivity contribution < 1.29 is 22.4 Å². The number of rotatable bonds is 5. The molecule has 1 atom stereocenters. The second-order valence-electron chi connectivity index (χ2n) is 8.95. The molecule has 3 aliphatic rings. The van der Waals surface area contributed by atoms with Crippen LogP contribution in [0.1, 0.15) is 31.2 Å². The lowest BCUT2D eigenvalue weighted by Gasteiger charge is -2.30. The highest BCUT2D eigenvalue weighted by molar-refractivity contribution is 7.89. The number of carbonyl (C=O) groups excluding carboxylic acids is 2. The number of nitrogens with zero attached hydrogens (tertiary/aromatic N) is 4. The van der Waals surface area contributed by atoms with Crippen LogP contribution < -0.4 is 15.6 Å². The average Bonchev–Trinajstić information content (AvgIpc) is 3.54. The van der Waals surface area contributed by atoms with E-state index in [1.807, 2.05) is 0 Å². The van der Waals surface area contributed by atoms with E-state index < -0.39 is 27.8 Å². The molecule has 35 heavy (non-hydrogen) atoms. The van der Waals surface area contributed by atoms with Crippen LogP contribution in [0.3, 0.4) is 0 Å². The minimum Gasteiger partial charge on any atom is -0.368 e. The van der Waals surface area contributed by atoms with Gasteiger partial charge in [0.25, 0.3) is 5.91 Å². The predicted octanol–water partition coefficient (Wildman–Crippen LogP) is 2.01. The van der Waals surface area contributed by atoms with Crippen molar-refractivity contribution in [3.8, 4) is 0 Å². The molecule has 1 unspecified atom stereocenters. The van der Waals surface area contributed by atoms with Crippen LogP contribution in [0.15, 0.2) is 52.5 Å². The first-order valence-electron chi connectivity index (χ1n) is 11.6. The summed E-state index contributed by atoms with van der Waals surface area (Å²) in [5, 5.41) is 5.73. The molecule has 3 aliphatic heterocycles. The third-order valence-corrected chi connectivity index (χ3v) is 8.59. The number of benzene rings is 2. The van der Waals surface area contributed by atoms with Crippen LogP contribution >= 0.6 is 0 Å². The average molecular weight is 500 g/mol. The van der Waals surface area contributed by atoms with Crippen LogP contribution in [0.5, 0.6) is 0 Å². The molecule has 2 N–H and O–H groups in total. The highest BCUT2D eigenvalue weighted by Gasteiger charge is 2.38. The van der Waals surface area contributed by atoms with E-state index in [-0.39, 0.29) is 22.9 Å². The highest BCUT2D eigenvalue weighted by Crippen LogP contribution is 2.33. The molecular weight excluding hydrogens is 473 g/mol. The Balaban J connectivity index is 1.43. The lowest BCUT2D eigenvalue weighted by Crippen LogP contribution is -2.42. The number of nitrogens with two attached hydrogens (primary N) is 1. The monoisotopic (exact) mass is 499 g/mol. The largest absolute Gasteiger partial charge is 0.368 e. The Bertz CT molecular complexity index is 1310. The summed E-state index contributed by atoms with van der Waals surface area (Å²) in [5.41, 5.74) is 7.61. The third kappa shape index (κ3) is 4.30. The van der Waals surface area contributed by atoms with Crippen LogP contribution in [0.4, 0.5) is 15.8 Å². The number of amides is 2. The lowest BCUT2D eigenvalue weighted by atomic mass is 10.0. The number of hydrogen-bond acceptors (Lipinski definition) is 6. The summed E-state index contributed by atoms with van der Waals surface area (Å²) in [5.74, 6) is -1.44. The van der Waals surface area contributed by atoms with Gasteiger partial charge in [-0.1, -0.05) is 0 Å². The fourth-order valence-electron chi connectivity index (χ4n) is 4.87. The highest BCUT2D eigenvalue weighted by atomic mass is 32.2. The van der Waals surface area contributed by atoms with Crippen LogP contribution in [-0.4, -0.2) is 55.9 Å². The Kier molecular flexibility index (Phi) is 6.06. The molecule has 3 heterocycles. The molecular formula is C24H26FN5O4S. The maximum Gasteiger partial charge on any atom is 0.274 e. The van der Waals surface area contributed by atoms with Gasteiger partial charge < -0.3 is 10.6 Å². The fraction of sp³-hybridized carbons (Fsp3) is 0.375. The quantitative estimate of drug-likeness (QED) is 0.676. The van der Waals surface area contributed by atoms with E-state index in [2.05, 4.69) is 5.10 Å². The number of aryl methyl sites for hydroxylation is 1. The summed E-state index contributed by atoms with van der Waals surface area (Å²) in [6.45, 7) is 1.49. The first kappa shape index (κ1) is 23.4. The molecule has 184 valence electrons. The Morgan fingerprint density at radius 1 is 1.00 bits per heavy atom. The molecule has 5 rings (SSSR count). The topological polar surface area (TPSA) is 116 Å². The van der Waals surface area contributed by atoms with Gasteiger partial charge >= 0.3 is 0 Å². The molecule has 11 heteroatoms. The molecule has 0 aromatic heterocycles. The first-order valence-corrected chi connectivity index (χ1v) is 13.1. The molecule has 0 aliphatic carbocycles. The third-order valence-electron chi connectivity index (χ3n) is 6.69. The summed E-state index contributed by atoms with van der Waals surface area (Å²) < 4.78 is 40.8. The molecule has 0 radical (unpaired) electrons.